The van der Waals surface area contributed by atoms with Crippen LogP contribution in [0, 0.1) is 12.3 Å². The molecule has 0 bridgehead atoms. The van der Waals surface area contributed by atoms with Crippen LogP contribution in [-0.4, -0.2) is 18.3 Å². The van der Waals surface area contributed by atoms with Gasteiger partial charge in [0.05, 0.1) is 0 Å². The third kappa shape index (κ3) is 3.89. The first-order chi connectivity index (χ1) is 7.44. The fourth-order valence-corrected chi connectivity index (χ4v) is 1.82. The van der Waals surface area contributed by atoms with Gasteiger partial charge in [0.15, 0.2) is 5.76 Å². The summed E-state index contributed by atoms with van der Waals surface area (Å²) >= 11 is 5.69. The lowest BCUT2D eigenvalue weighted by Gasteiger charge is -2.23. The summed E-state index contributed by atoms with van der Waals surface area (Å²) in [6.45, 7) is 6.55. The third-order valence-corrected chi connectivity index (χ3v) is 2.65. The predicted molar refractivity (Wildman–Crippen MR) is 64.9 cm³/mol. The number of amides is 1. The first-order valence-electron chi connectivity index (χ1n) is 5.35. The molecule has 1 aromatic heterocycles. The zero-order valence-corrected chi connectivity index (χ0v) is 10.7. The van der Waals surface area contributed by atoms with Crippen LogP contribution in [0.4, 0.5) is 0 Å². The average molecular weight is 244 g/mol. The maximum atomic E-state index is 11.7. The number of aryl methyl sites for hydroxylation is 1. The Morgan fingerprint density at radius 3 is 2.69 bits per heavy atom. The van der Waals surface area contributed by atoms with E-state index in [1.165, 1.54) is 0 Å². The number of hydrogen-bond donors (Lipinski definition) is 1. The van der Waals surface area contributed by atoms with E-state index >= 15 is 0 Å². The van der Waals surface area contributed by atoms with E-state index in [-0.39, 0.29) is 11.3 Å². The van der Waals surface area contributed by atoms with Gasteiger partial charge in [-0.25, -0.2) is 0 Å². The van der Waals surface area contributed by atoms with Gasteiger partial charge in [0.2, 0.25) is 0 Å². The van der Waals surface area contributed by atoms with Crippen molar-refractivity contribution in [2.24, 2.45) is 5.41 Å². The van der Waals surface area contributed by atoms with E-state index in [9.17, 15) is 4.79 Å². The summed E-state index contributed by atoms with van der Waals surface area (Å²) in [4.78, 5) is 11.7. The van der Waals surface area contributed by atoms with Gasteiger partial charge in [-0.3, -0.25) is 4.79 Å². The Labute approximate surface area is 101 Å². The maximum absolute atomic E-state index is 11.7. The van der Waals surface area contributed by atoms with Gasteiger partial charge in [0.1, 0.15) is 5.76 Å². The van der Waals surface area contributed by atoms with Gasteiger partial charge < -0.3 is 9.73 Å². The summed E-state index contributed by atoms with van der Waals surface area (Å²) in [5.41, 5.74) is 0.0129. The summed E-state index contributed by atoms with van der Waals surface area (Å²) in [5.74, 6) is 1.53. The standard InChI is InChI=1S/C12H18ClNO2/c1-9-4-5-10(16-9)11(15)14-8-12(2,3)6-7-13/h4-5H,6-8H2,1-3H3,(H,14,15). The minimum atomic E-state index is -0.171. The second-order valence-corrected chi connectivity index (χ2v) is 5.07. The van der Waals surface area contributed by atoms with Crippen molar-refractivity contribution >= 4 is 17.5 Å². The lowest BCUT2D eigenvalue weighted by atomic mass is 9.90. The number of rotatable bonds is 5. The number of furan rings is 1. The zero-order valence-electron chi connectivity index (χ0n) is 9.97. The maximum Gasteiger partial charge on any atom is 0.287 e. The average Bonchev–Trinajstić information content (AvgIpc) is 2.61. The van der Waals surface area contributed by atoms with Crippen molar-refractivity contribution in [3.8, 4) is 0 Å². The highest BCUT2D eigenvalue weighted by Crippen LogP contribution is 2.19. The number of carbonyl (C=O) groups is 1. The highest BCUT2D eigenvalue weighted by molar-refractivity contribution is 6.17. The molecule has 1 aromatic rings. The van der Waals surface area contributed by atoms with Crippen molar-refractivity contribution in [3.05, 3.63) is 23.7 Å². The van der Waals surface area contributed by atoms with Crippen molar-refractivity contribution in [1.82, 2.24) is 5.32 Å². The van der Waals surface area contributed by atoms with Gasteiger partial charge in [0, 0.05) is 12.4 Å². The molecule has 0 aliphatic rings. The van der Waals surface area contributed by atoms with Gasteiger partial charge in [-0.15, -0.1) is 11.6 Å². The molecule has 0 saturated heterocycles. The molecule has 0 saturated carbocycles. The van der Waals surface area contributed by atoms with Crippen LogP contribution in [0.2, 0.25) is 0 Å². The highest BCUT2D eigenvalue weighted by Gasteiger charge is 2.19. The second kappa shape index (κ2) is 5.39. The van der Waals surface area contributed by atoms with E-state index in [0.717, 1.165) is 12.2 Å². The number of nitrogens with one attached hydrogen (secondary N) is 1. The molecular weight excluding hydrogens is 226 g/mol. The number of carbonyl (C=O) groups excluding carboxylic acids is 1. The van der Waals surface area contributed by atoms with Crippen LogP contribution >= 0.6 is 11.6 Å². The first-order valence-corrected chi connectivity index (χ1v) is 5.89. The Balaban J connectivity index is 2.47. The summed E-state index contributed by atoms with van der Waals surface area (Å²) in [6.07, 6.45) is 0.867. The Morgan fingerprint density at radius 1 is 1.50 bits per heavy atom. The molecule has 1 rings (SSSR count). The van der Waals surface area contributed by atoms with Crippen LogP contribution in [0.5, 0.6) is 0 Å². The Bertz CT molecular complexity index is 358. The monoisotopic (exact) mass is 243 g/mol. The fraction of sp³-hybridized carbons (Fsp3) is 0.583. The van der Waals surface area contributed by atoms with Gasteiger partial charge >= 0.3 is 0 Å². The van der Waals surface area contributed by atoms with Crippen LogP contribution in [0.15, 0.2) is 16.5 Å². The Hall–Kier alpha value is -0.960. The van der Waals surface area contributed by atoms with E-state index in [4.69, 9.17) is 16.0 Å². The van der Waals surface area contributed by atoms with Crippen molar-refractivity contribution < 1.29 is 9.21 Å². The summed E-state index contributed by atoms with van der Waals surface area (Å²) in [5, 5.41) is 2.85. The first kappa shape index (κ1) is 13.1. The molecule has 0 radical (unpaired) electrons. The van der Waals surface area contributed by atoms with E-state index in [2.05, 4.69) is 19.2 Å². The molecule has 0 aromatic carbocycles. The van der Waals surface area contributed by atoms with Crippen molar-refractivity contribution in [3.63, 3.8) is 0 Å². The third-order valence-electron chi connectivity index (χ3n) is 2.46. The molecule has 0 spiro atoms. The lowest BCUT2D eigenvalue weighted by Crippen LogP contribution is -2.34. The topological polar surface area (TPSA) is 42.2 Å². The Kier molecular flexibility index (Phi) is 4.42. The fourth-order valence-electron chi connectivity index (χ4n) is 1.31. The number of hydrogen-bond acceptors (Lipinski definition) is 2. The van der Waals surface area contributed by atoms with Crippen LogP contribution < -0.4 is 5.32 Å². The normalized spacial score (nSPS) is 11.5. The van der Waals surface area contributed by atoms with Crippen molar-refractivity contribution in [2.45, 2.75) is 27.2 Å². The molecule has 0 aliphatic carbocycles. The Morgan fingerprint density at radius 2 is 2.19 bits per heavy atom. The van der Waals surface area contributed by atoms with E-state index in [0.29, 0.717) is 18.2 Å². The van der Waals surface area contributed by atoms with E-state index in [1.54, 1.807) is 12.1 Å². The lowest BCUT2D eigenvalue weighted by molar-refractivity contribution is 0.0906. The van der Waals surface area contributed by atoms with Crippen molar-refractivity contribution in [1.29, 1.82) is 0 Å². The van der Waals surface area contributed by atoms with E-state index < -0.39 is 0 Å². The molecule has 3 nitrogen and oxygen atoms in total. The summed E-state index contributed by atoms with van der Waals surface area (Å²) < 4.78 is 5.23. The molecule has 0 aliphatic heterocycles. The minimum absolute atomic E-state index is 0.0129. The van der Waals surface area contributed by atoms with Crippen LogP contribution in [-0.2, 0) is 0 Å². The van der Waals surface area contributed by atoms with Gasteiger partial charge in [0.25, 0.3) is 5.91 Å². The largest absolute Gasteiger partial charge is 0.456 e. The molecule has 4 heteroatoms. The molecule has 1 heterocycles. The molecular formula is C12H18ClNO2. The van der Waals surface area contributed by atoms with Gasteiger partial charge in [-0.2, -0.15) is 0 Å². The highest BCUT2D eigenvalue weighted by atomic mass is 35.5. The SMILES string of the molecule is Cc1ccc(C(=O)NCC(C)(C)CCCl)o1. The molecule has 0 fully saturated rings. The molecule has 1 N–H and O–H groups in total. The smallest absolute Gasteiger partial charge is 0.287 e. The minimum Gasteiger partial charge on any atom is -0.456 e. The zero-order chi connectivity index (χ0) is 12.2. The van der Waals surface area contributed by atoms with Crippen molar-refractivity contribution in [2.75, 3.05) is 12.4 Å². The molecule has 0 atom stereocenters. The van der Waals surface area contributed by atoms with Crippen LogP contribution in [0.3, 0.4) is 0 Å². The molecule has 0 unspecified atom stereocenters. The number of halogens is 1. The number of alkyl halides is 1. The quantitative estimate of drug-likeness (QED) is 0.808. The predicted octanol–water partition coefficient (Wildman–Crippen LogP) is 2.97. The van der Waals surface area contributed by atoms with Crippen LogP contribution in [0.25, 0.3) is 0 Å². The molecule has 1 amide bonds. The van der Waals surface area contributed by atoms with Crippen LogP contribution in [0.1, 0.15) is 36.6 Å². The molecule has 90 valence electrons. The van der Waals surface area contributed by atoms with Gasteiger partial charge in [-0.05, 0) is 30.9 Å². The van der Waals surface area contributed by atoms with E-state index in [1.807, 2.05) is 6.92 Å². The molecule has 16 heavy (non-hydrogen) atoms. The summed E-state index contributed by atoms with van der Waals surface area (Å²) in [6, 6.07) is 3.46. The second-order valence-electron chi connectivity index (χ2n) is 4.70. The summed E-state index contributed by atoms with van der Waals surface area (Å²) in [7, 11) is 0. The van der Waals surface area contributed by atoms with Gasteiger partial charge in [-0.1, -0.05) is 13.8 Å².